The minimum atomic E-state index is -2.09. The van der Waals surface area contributed by atoms with Gasteiger partial charge in [0.15, 0.2) is 14.0 Å². The van der Waals surface area contributed by atoms with E-state index >= 15 is 0 Å². The number of imidazole rings is 1. The Kier molecular flexibility index (Phi) is 7.45. The Bertz CT molecular complexity index is 2060. The fraction of sp³-hybridized carbons (Fsp3) is 0.553. The molecule has 4 aromatic rings. The van der Waals surface area contributed by atoms with Gasteiger partial charge >= 0.3 is 0 Å². The number of rotatable bonds is 9. The van der Waals surface area contributed by atoms with Crippen LogP contribution in [0.2, 0.25) is 18.1 Å². The van der Waals surface area contributed by atoms with Crippen LogP contribution >= 0.6 is 0 Å². The molecule has 3 saturated carbocycles. The standard InChI is InChI=1S/C38H47N9O3Si/c1-21-9-10-39-34(42-21)27-14-28(27)36(48)44-32-15-33(41-20-40-32)46-18-25(50-51(5,6)38(2,3)4)13-30(46)29-19-45-16-23(22-7-8-22)12-31(35(45)43-29)47-17-24-11-26(24)37(47)49/h9-10,12,15-16,19-20,22,24-28,30H,7-8,11,13-14,17-18H2,1-6H3,(H,40,41,44,48)/t24?,25?,26?,27-,28-,30+/m0/s1. The third kappa shape index (κ3) is 6.01. The molecule has 6 heterocycles. The number of fused-ring (bicyclic) bond motifs is 2. The number of nitrogens with one attached hydrogen (secondary N) is 1. The Morgan fingerprint density at radius 3 is 2.55 bits per heavy atom. The zero-order valence-corrected chi connectivity index (χ0v) is 31.3. The van der Waals surface area contributed by atoms with Gasteiger partial charge in [-0.05, 0) is 80.3 Å². The third-order valence-electron chi connectivity index (χ3n) is 12.2. The summed E-state index contributed by atoms with van der Waals surface area (Å²) in [6.07, 6.45) is 12.5. The lowest BCUT2D eigenvalue weighted by atomic mass is 10.1. The molecule has 0 spiro atoms. The lowest BCUT2D eigenvalue weighted by molar-refractivity contribution is -0.119. The second-order valence-electron chi connectivity index (χ2n) is 17.0. The molecule has 13 heteroatoms. The quantitative estimate of drug-likeness (QED) is 0.203. The van der Waals surface area contributed by atoms with E-state index in [0.717, 1.165) is 54.4 Å². The van der Waals surface area contributed by atoms with Gasteiger partial charge in [0.25, 0.3) is 0 Å². The normalized spacial score (nSPS) is 27.3. The highest BCUT2D eigenvalue weighted by Crippen LogP contribution is 2.50. The van der Waals surface area contributed by atoms with Crippen LogP contribution in [0.25, 0.3) is 5.65 Å². The number of carbonyl (C=O) groups is 2. The molecule has 5 fully saturated rings. The van der Waals surface area contributed by atoms with Crippen molar-refractivity contribution in [3.8, 4) is 0 Å². The van der Waals surface area contributed by atoms with Crippen molar-refractivity contribution in [1.82, 2.24) is 29.3 Å². The van der Waals surface area contributed by atoms with Crippen LogP contribution in [-0.4, -0.2) is 68.6 Å². The van der Waals surface area contributed by atoms with Crippen LogP contribution in [-0.2, 0) is 14.0 Å². The lowest BCUT2D eigenvalue weighted by Crippen LogP contribution is -2.44. The molecule has 2 amide bonds. The van der Waals surface area contributed by atoms with E-state index in [1.165, 1.54) is 24.7 Å². The second kappa shape index (κ2) is 11.6. The predicted molar refractivity (Wildman–Crippen MR) is 196 cm³/mol. The van der Waals surface area contributed by atoms with Crippen LogP contribution < -0.4 is 15.1 Å². The van der Waals surface area contributed by atoms with Crippen LogP contribution in [0.3, 0.4) is 0 Å². The van der Waals surface area contributed by atoms with Gasteiger partial charge in [-0.25, -0.2) is 24.9 Å². The molecule has 1 N–H and O–H groups in total. The summed E-state index contributed by atoms with van der Waals surface area (Å²) in [6, 6.07) is 5.83. The summed E-state index contributed by atoms with van der Waals surface area (Å²) in [5.74, 6) is 3.08. The number of aryl methyl sites for hydroxylation is 1. The molecule has 12 nitrogen and oxygen atoms in total. The summed E-state index contributed by atoms with van der Waals surface area (Å²) >= 11 is 0. The molecular weight excluding hydrogens is 659 g/mol. The van der Waals surface area contributed by atoms with Crippen molar-refractivity contribution in [3.05, 3.63) is 65.9 Å². The number of anilines is 3. The van der Waals surface area contributed by atoms with Crippen molar-refractivity contribution >= 4 is 43.1 Å². The number of hydrogen-bond acceptors (Lipinski definition) is 9. The first-order chi connectivity index (χ1) is 24.3. The monoisotopic (exact) mass is 705 g/mol. The van der Waals surface area contributed by atoms with E-state index in [2.05, 4.69) is 81.9 Å². The van der Waals surface area contributed by atoms with Crippen LogP contribution in [0.4, 0.5) is 17.3 Å². The minimum Gasteiger partial charge on any atom is -0.412 e. The van der Waals surface area contributed by atoms with Gasteiger partial charge in [0.1, 0.15) is 23.8 Å². The van der Waals surface area contributed by atoms with E-state index in [1.807, 2.05) is 24.0 Å². The minimum absolute atomic E-state index is 0.0180. The molecule has 266 valence electrons. The molecule has 3 unspecified atom stereocenters. The van der Waals surface area contributed by atoms with Gasteiger partial charge < -0.3 is 23.9 Å². The number of amides is 2. The molecule has 2 saturated heterocycles. The number of piperidine rings is 1. The van der Waals surface area contributed by atoms with Crippen molar-refractivity contribution < 1.29 is 14.0 Å². The van der Waals surface area contributed by atoms with Crippen molar-refractivity contribution in [1.29, 1.82) is 0 Å². The molecule has 9 rings (SSSR count). The summed E-state index contributed by atoms with van der Waals surface area (Å²) in [4.78, 5) is 54.3. The van der Waals surface area contributed by atoms with Gasteiger partial charge in [0.2, 0.25) is 11.8 Å². The number of aromatic nitrogens is 6. The van der Waals surface area contributed by atoms with Gasteiger partial charge in [0, 0.05) is 67.6 Å². The molecule has 5 aliphatic rings. The third-order valence-corrected chi connectivity index (χ3v) is 16.7. The Morgan fingerprint density at radius 1 is 1.00 bits per heavy atom. The van der Waals surface area contributed by atoms with Crippen molar-refractivity contribution in [2.75, 3.05) is 28.2 Å². The molecule has 51 heavy (non-hydrogen) atoms. The molecule has 2 aliphatic heterocycles. The SMILES string of the molecule is Cc1ccnc([C@H]2C[C@@H]2C(=O)Nc2cc(N3CC(O[Si](C)(C)C(C)(C)C)C[C@@H]3c3cn4cc(C5CC5)cc(N5CC6CC6C5=O)c4n3)ncn2)n1. The van der Waals surface area contributed by atoms with E-state index in [4.69, 9.17) is 14.4 Å². The van der Waals surface area contributed by atoms with Crippen molar-refractivity contribution in [2.45, 2.75) is 102 Å². The molecule has 6 atom stereocenters. The molecular formula is C38H47N9O3Si. The van der Waals surface area contributed by atoms with Crippen molar-refractivity contribution in [3.63, 3.8) is 0 Å². The number of pyridine rings is 1. The van der Waals surface area contributed by atoms with Crippen LogP contribution in [0.15, 0.2) is 43.1 Å². The average molecular weight is 706 g/mol. The second-order valence-corrected chi connectivity index (χ2v) is 21.8. The first-order valence-electron chi connectivity index (χ1n) is 18.5. The summed E-state index contributed by atoms with van der Waals surface area (Å²) in [5.41, 5.74) is 4.85. The average Bonchev–Trinajstić information content (AvgIpc) is 4.02. The molecule has 4 aromatic heterocycles. The fourth-order valence-electron chi connectivity index (χ4n) is 7.83. The highest BCUT2D eigenvalue weighted by Gasteiger charge is 2.53. The first kappa shape index (κ1) is 32.7. The Labute approximate surface area is 299 Å². The largest absolute Gasteiger partial charge is 0.412 e. The van der Waals surface area contributed by atoms with E-state index in [1.54, 1.807) is 6.20 Å². The summed E-state index contributed by atoms with van der Waals surface area (Å²) in [5, 5.41) is 3.11. The molecule has 0 aromatic carbocycles. The highest BCUT2D eigenvalue weighted by molar-refractivity contribution is 6.74. The summed E-state index contributed by atoms with van der Waals surface area (Å²) in [7, 11) is -2.09. The number of hydrogen-bond donors (Lipinski definition) is 1. The molecule has 0 bridgehead atoms. The maximum absolute atomic E-state index is 13.3. The van der Waals surface area contributed by atoms with Gasteiger partial charge in [-0.1, -0.05) is 20.8 Å². The highest BCUT2D eigenvalue weighted by atomic mass is 28.4. The maximum atomic E-state index is 13.3. The molecule has 0 radical (unpaired) electrons. The fourth-order valence-corrected chi connectivity index (χ4v) is 9.19. The summed E-state index contributed by atoms with van der Waals surface area (Å²) < 4.78 is 9.16. The summed E-state index contributed by atoms with van der Waals surface area (Å²) in [6.45, 7) is 14.7. The maximum Gasteiger partial charge on any atom is 0.230 e. The van der Waals surface area contributed by atoms with Crippen LogP contribution in [0.5, 0.6) is 0 Å². The van der Waals surface area contributed by atoms with E-state index in [9.17, 15) is 9.59 Å². The van der Waals surface area contributed by atoms with Crippen LogP contribution in [0.1, 0.15) is 93.5 Å². The number of nitrogens with zero attached hydrogens (tertiary/aromatic N) is 8. The Morgan fingerprint density at radius 2 is 1.82 bits per heavy atom. The van der Waals surface area contributed by atoms with Gasteiger partial charge in [-0.2, -0.15) is 0 Å². The number of carbonyl (C=O) groups excluding carboxylic acids is 2. The zero-order chi connectivity index (χ0) is 35.4. The Hall–Kier alpha value is -4.23. The first-order valence-corrected chi connectivity index (χ1v) is 21.4. The zero-order valence-electron chi connectivity index (χ0n) is 30.3. The van der Waals surface area contributed by atoms with Crippen molar-refractivity contribution in [2.24, 2.45) is 17.8 Å². The molecule has 3 aliphatic carbocycles. The van der Waals surface area contributed by atoms with Gasteiger partial charge in [-0.15, -0.1) is 0 Å². The van der Waals surface area contributed by atoms with Gasteiger partial charge in [0.05, 0.1) is 23.5 Å². The lowest BCUT2D eigenvalue weighted by Gasteiger charge is -2.38. The smallest absolute Gasteiger partial charge is 0.230 e. The van der Waals surface area contributed by atoms with E-state index in [0.29, 0.717) is 30.0 Å². The van der Waals surface area contributed by atoms with Crippen LogP contribution in [0, 0.1) is 24.7 Å². The van der Waals surface area contributed by atoms with E-state index < -0.39 is 8.32 Å². The van der Waals surface area contributed by atoms with E-state index in [-0.39, 0.29) is 46.8 Å². The Balaban J connectivity index is 1.03. The van der Waals surface area contributed by atoms with Gasteiger partial charge in [-0.3, -0.25) is 9.59 Å². The topological polar surface area (TPSA) is 131 Å². The predicted octanol–water partition coefficient (Wildman–Crippen LogP) is 6.17.